The average Bonchev–Trinajstić information content (AvgIpc) is 3.39. The van der Waals surface area contributed by atoms with Crippen LogP contribution < -0.4 is 5.32 Å². The molecule has 9 heteroatoms. The molecule has 0 unspecified atom stereocenters. The van der Waals surface area contributed by atoms with Gasteiger partial charge in [0.05, 0.1) is 42.7 Å². The van der Waals surface area contributed by atoms with E-state index in [0.717, 1.165) is 27.7 Å². The molecular formula is C32H35N3O6. The molecule has 1 aliphatic heterocycles. The highest BCUT2D eigenvalue weighted by Crippen LogP contribution is 2.39. The number of nitrogens with zero attached hydrogens (tertiary/aromatic N) is 2. The van der Waals surface area contributed by atoms with Crippen LogP contribution in [0.1, 0.15) is 67.6 Å². The van der Waals surface area contributed by atoms with E-state index < -0.39 is 12.3 Å². The zero-order valence-electron chi connectivity index (χ0n) is 22.8. The first-order chi connectivity index (χ1) is 20.0. The van der Waals surface area contributed by atoms with Crippen LogP contribution in [-0.4, -0.2) is 37.7 Å². The molecule has 3 N–H and O–H groups in total. The standard InChI is InChI=1S/C32H35N3O6/c36-20-22-10-12-23(13-11-22)29-18-26(19-35-21-33-27-6-4-5-7-28(27)35)40-32(41-29)24-14-16-25(17-15-24)34-30(37)8-2-1-3-9-31(38)39/h4-7,10-17,21,26,29,32,36H,1-3,8-9,18-20H2,(H,34,37)(H,38,39)/t26-,29+,32+/m1/s1. The third-order valence-corrected chi connectivity index (χ3v) is 7.30. The van der Waals surface area contributed by atoms with Crippen LogP contribution in [0.2, 0.25) is 0 Å². The molecule has 9 nitrogen and oxygen atoms in total. The fourth-order valence-electron chi connectivity index (χ4n) is 5.09. The van der Waals surface area contributed by atoms with Gasteiger partial charge in [-0.05, 0) is 48.2 Å². The zero-order chi connectivity index (χ0) is 28.6. The molecule has 1 amide bonds. The van der Waals surface area contributed by atoms with Crippen molar-refractivity contribution in [3.05, 3.63) is 95.8 Å². The van der Waals surface area contributed by atoms with Crippen LogP contribution >= 0.6 is 0 Å². The number of aliphatic hydroxyl groups excluding tert-OH is 1. The smallest absolute Gasteiger partial charge is 0.303 e. The van der Waals surface area contributed by atoms with Gasteiger partial charge in [-0.3, -0.25) is 9.59 Å². The summed E-state index contributed by atoms with van der Waals surface area (Å²) in [7, 11) is 0. The van der Waals surface area contributed by atoms with Crippen molar-refractivity contribution in [1.82, 2.24) is 9.55 Å². The van der Waals surface area contributed by atoms with Crippen LogP contribution in [0.3, 0.4) is 0 Å². The molecule has 5 rings (SSSR count). The van der Waals surface area contributed by atoms with Crippen LogP contribution in [0.25, 0.3) is 11.0 Å². The van der Waals surface area contributed by atoms with Crippen LogP contribution in [0.5, 0.6) is 0 Å². The predicted molar refractivity (Wildman–Crippen MR) is 154 cm³/mol. The third kappa shape index (κ3) is 7.58. The second kappa shape index (κ2) is 13.5. The molecule has 0 bridgehead atoms. The van der Waals surface area contributed by atoms with E-state index in [1.807, 2.05) is 79.1 Å². The minimum Gasteiger partial charge on any atom is -0.481 e. The van der Waals surface area contributed by atoms with Gasteiger partial charge < -0.3 is 29.6 Å². The molecule has 0 saturated carbocycles. The number of anilines is 1. The van der Waals surface area contributed by atoms with Gasteiger partial charge in [-0.25, -0.2) is 4.98 Å². The second-order valence-electron chi connectivity index (χ2n) is 10.4. The first kappa shape index (κ1) is 28.5. The topological polar surface area (TPSA) is 123 Å². The number of hydrogen-bond acceptors (Lipinski definition) is 6. The van der Waals surface area contributed by atoms with E-state index in [1.165, 1.54) is 0 Å². The molecule has 41 heavy (non-hydrogen) atoms. The first-order valence-corrected chi connectivity index (χ1v) is 14.0. The van der Waals surface area contributed by atoms with E-state index in [2.05, 4.69) is 14.9 Å². The number of carbonyl (C=O) groups is 2. The van der Waals surface area contributed by atoms with Crippen molar-refractivity contribution in [3.8, 4) is 0 Å². The molecule has 0 radical (unpaired) electrons. The Morgan fingerprint density at radius 3 is 2.39 bits per heavy atom. The van der Waals surface area contributed by atoms with Gasteiger partial charge in [-0.15, -0.1) is 0 Å². The molecular weight excluding hydrogens is 522 g/mol. The highest BCUT2D eigenvalue weighted by Gasteiger charge is 2.32. The first-order valence-electron chi connectivity index (χ1n) is 14.0. The Kier molecular flexibility index (Phi) is 9.40. The summed E-state index contributed by atoms with van der Waals surface area (Å²) in [5, 5.41) is 21.1. The molecule has 3 aromatic carbocycles. The number of carbonyl (C=O) groups excluding carboxylic acids is 1. The maximum absolute atomic E-state index is 12.3. The number of benzene rings is 3. The number of ether oxygens (including phenoxy) is 2. The summed E-state index contributed by atoms with van der Waals surface area (Å²) in [5.41, 5.74) is 5.36. The number of nitrogens with one attached hydrogen (secondary N) is 1. The number of unbranched alkanes of at least 4 members (excludes halogenated alkanes) is 2. The van der Waals surface area contributed by atoms with Gasteiger partial charge in [0.1, 0.15) is 0 Å². The average molecular weight is 558 g/mol. The van der Waals surface area contributed by atoms with Gasteiger partial charge >= 0.3 is 5.97 Å². The van der Waals surface area contributed by atoms with Crippen molar-refractivity contribution >= 4 is 28.6 Å². The van der Waals surface area contributed by atoms with Crippen LogP contribution in [-0.2, 0) is 32.2 Å². The van der Waals surface area contributed by atoms with Crippen LogP contribution in [0, 0.1) is 0 Å². The summed E-state index contributed by atoms with van der Waals surface area (Å²) in [6, 6.07) is 23.3. The monoisotopic (exact) mass is 557 g/mol. The second-order valence-corrected chi connectivity index (χ2v) is 10.4. The van der Waals surface area contributed by atoms with E-state index in [1.54, 1.807) is 0 Å². The number of aliphatic carboxylic acids is 1. The molecule has 1 aromatic heterocycles. The van der Waals surface area contributed by atoms with E-state index >= 15 is 0 Å². The van der Waals surface area contributed by atoms with Crippen molar-refractivity contribution in [2.24, 2.45) is 0 Å². The number of aliphatic hydroxyl groups is 1. The number of fused-ring (bicyclic) bond motifs is 1. The highest BCUT2D eigenvalue weighted by atomic mass is 16.7. The lowest BCUT2D eigenvalue weighted by Gasteiger charge is -2.36. The summed E-state index contributed by atoms with van der Waals surface area (Å²) in [6.45, 7) is 0.605. The van der Waals surface area contributed by atoms with Crippen molar-refractivity contribution in [3.63, 3.8) is 0 Å². The Morgan fingerprint density at radius 2 is 1.63 bits per heavy atom. The Morgan fingerprint density at radius 1 is 0.902 bits per heavy atom. The summed E-state index contributed by atoms with van der Waals surface area (Å²) >= 11 is 0. The molecule has 2 heterocycles. The summed E-state index contributed by atoms with van der Waals surface area (Å²) in [6.07, 6.45) is 3.93. The van der Waals surface area contributed by atoms with Crippen molar-refractivity contribution in [1.29, 1.82) is 0 Å². The van der Waals surface area contributed by atoms with Gasteiger partial charge in [0.15, 0.2) is 6.29 Å². The number of amides is 1. The Labute approximate surface area is 238 Å². The SMILES string of the molecule is O=C(O)CCCCCC(=O)Nc1ccc([C@H]2O[C@@H](Cn3cnc4ccccc43)C[C@@H](c3ccc(CO)cc3)O2)cc1. The van der Waals surface area contributed by atoms with E-state index in [4.69, 9.17) is 14.6 Å². The molecule has 1 aliphatic rings. The van der Waals surface area contributed by atoms with Gasteiger partial charge in [0.25, 0.3) is 0 Å². The third-order valence-electron chi connectivity index (χ3n) is 7.30. The number of hydrogen-bond donors (Lipinski definition) is 3. The zero-order valence-corrected chi connectivity index (χ0v) is 22.8. The van der Waals surface area contributed by atoms with E-state index in [0.29, 0.717) is 44.3 Å². The fourth-order valence-corrected chi connectivity index (χ4v) is 5.09. The maximum atomic E-state index is 12.3. The lowest BCUT2D eigenvalue weighted by molar-refractivity contribution is -0.252. The van der Waals surface area contributed by atoms with Gasteiger partial charge in [-0.2, -0.15) is 0 Å². The summed E-state index contributed by atoms with van der Waals surface area (Å²) in [4.78, 5) is 27.5. The van der Waals surface area contributed by atoms with Crippen LogP contribution in [0.4, 0.5) is 5.69 Å². The molecule has 3 atom stereocenters. The predicted octanol–water partition coefficient (Wildman–Crippen LogP) is 5.75. The number of aromatic nitrogens is 2. The van der Waals surface area contributed by atoms with Crippen molar-refractivity contribution < 1.29 is 29.3 Å². The molecule has 0 spiro atoms. The van der Waals surface area contributed by atoms with Crippen LogP contribution in [0.15, 0.2) is 79.1 Å². The number of carboxylic acids is 1. The lowest BCUT2D eigenvalue weighted by atomic mass is 10.00. The number of carboxylic acid groups (broad SMARTS) is 1. The minimum absolute atomic E-state index is 0.0124. The molecule has 1 fully saturated rings. The Bertz CT molecular complexity index is 1450. The Balaban J connectivity index is 1.26. The number of rotatable bonds is 12. The highest BCUT2D eigenvalue weighted by molar-refractivity contribution is 5.90. The normalized spacial score (nSPS) is 18.8. The van der Waals surface area contributed by atoms with E-state index in [-0.39, 0.29) is 31.1 Å². The van der Waals surface area contributed by atoms with Gasteiger partial charge in [-0.1, -0.05) is 55.0 Å². The molecule has 4 aromatic rings. The maximum Gasteiger partial charge on any atom is 0.303 e. The quantitative estimate of drug-likeness (QED) is 0.190. The van der Waals surface area contributed by atoms with Crippen molar-refractivity contribution in [2.45, 2.75) is 70.2 Å². The number of para-hydroxylation sites is 2. The Hall–Kier alpha value is -4.05. The molecule has 0 aliphatic carbocycles. The summed E-state index contributed by atoms with van der Waals surface area (Å²) < 4.78 is 15.0. The molecule has 214 valence electrons. The number of imidazole rings is 1. The van der Waals surface area contributed by atoms with Gasteiger partial charge in [0.2, 0.25) is 5.91 Å². The largest absolute Gasteiger partial charge is 0.481 e. The van der Waals surface area contributed by atoms with Gasteiger partial charge in [0, 0.05) is 30.5 Å². The summed E-state index contributed by atoms with van der Waals surface area (Å²) in [5.74, 6) is -0.912. The fraction of sp³-hybridized carbons (Fsp3) is 0.344. The molecule has 1 saturated heterocycles. The minimum atomic E-state index is -0.812. The van der Waals surface area contributed by atoms with Crippen molar-refractivity contribution in [2.75, 3.05) is 5.32 Å². The lowest BCUT2D eigenvalue weighted by Crippen LogP contribution is -2.32. The van der Waals surface area contributed by atoms with E-state index in [9.17, 15) is 14.7 Å².